The fraction of sp³-hybridized carbons (Fsp3) is 0.0556. The summed E-state index contributed by atoms with van der Waals surface area (Å²) in [5.74, 6) is -1.38. The molecule has 3 rings (SSSR count). The normalized spacial score (nSPS) is 10.3. The maximum Gasteiger partial charge on any atom is 0.338 e. The van der Waals surface area contributed by atoms with Crippen molar-refractivity contribution >= 4 is 34.0 Å². The van der Waals surface area contributed by atoms with E-state index in [0.29, 0.717) is 10.8 Å². The van der Waals surface area contributed by atoms with Gasteiger partial charge in [0.25, 0.3) is 11.6 Å². The van der Waals surface area contributed by atoms with E-state index in [0.717, 1.165) is 24.8 Å². The largest absolute Gasteiger partial charge is 0.465 e. The molecule has 0 bridgehead atoms. The molecule has 3 aromatic rings. The number of hydrogen-bond acceptors (Lipinski definition) is 7. The molecule has 0 fully saturated rings. The van der Waals surface area contributed by atoms with E-state index in [9.17, 15) is 19.7 Å². The van der Waals surface area contributed by atoms with Crippen molar-refractivity contribution < 1.29 is 19.2 Å². The number of amides is 1. The number of hydrogen-bond donors (Lipinski definition) is 1. The molecule has 1 amide bonds. The number of rotatable bonds is 5. The number of nitro groups is 1. The Morgan fingerprint density at radius 1 is 1.15 bits per heavy atom. The van der Waals surface area contributed by atoms with Crippen molar-refractivity contribution in [1.29, 1.82) is 0 Å². The molecule has 27 heavy (non-hydrogen) atoms. The van der Waals surface area contributed by atoms with Crippen molar-refractivity contribution in [2.45, 2.75) is 0 Å². The Morgan fingerprint density at radius 2 is 1.85 bits per heavy atom. The quantitative estimate of drug-likeness (QED) is 0.408. The number of thiazole rings is 1. The number of nitro benzene ring substituents is 1. The Morgan fingerprint density at radius 3 is 2.52 bits per heavy atom. The number of methoxy groups -OCH3 is 1. The van der Waals surface area contributed by atoms with Gasteiger partial charge in [-0.1, -0.05) is 30.3 Å². The van der Waals surface area contributed by atoms with Crippen molar-refractivity contribution in [2.75, 3.05) is 12.4 Å². The third kappa shape index (κ3) is 4.15. The summed E-state index contributed by atoms with van der Waals surface area (Å²) in [6.45, 7) is 0. The maximum absolute atomic E-state index is 12.5. The van der Waals surface area contributed by atoms with E-state index < -0.39 is 16.8 Å². The van der Waals surface area contributed by atoms with Crippen LogP contribution >= 0.6 is 11.3 Å². The van der Waals surface area contributed by atoms with Gasteiger partial charge in [-0.3, -0.25) is 20.2 Å². The molecular weight excluding hydrogens is 370 g/mol. The molecule has 1 N–H and O–H groups in total. The zero-order chi connectivity index (χ0) is 19.4. The van der Waals surface area contributed by atoms with Gasteiger partial charge in [0.05, 0.1) is 23.3 Å². The second kappa shape index (κ2) is 7.75. The minimum absolute atomic E-state index is 0.0407. The van der Waals surface area contributed by atoms with Gasteiger partial charge in [-0.15, -0.1) is 11.3 Å². The first-order valence-electron chi connectivity index (χ1n) is 7.68. The number of anilines is 1. The lowest BCUT2D eigenvalue weighted by Crippen LogP contribution is -2.13. The molecule has 8 nitrogen and oxygen atoms in total. The Labute approximate surface area is 157 Å². The number of esters is 1. The molecule has 9 heteroatoms. The molecule has 0 radical (unpaired) electrons. The lowest BCUT2D eigenvalue weighted by atomic mass is 10.1. The Hall–Kier alpha value is -3.59. The summed E-state index contributed by atoms with van der Waals surface area (Å²) in [7, 11) is 1.15. The first kappa shape index (κ1) is 18.2. The second-order valence-electron chi connectivity index (χ2n) is 5.38. The van der Waals surface area contributed by atoms with Crippen molar-refractivity contribution in [2.24, 2.45) is 0 Å². The van der Waals surface area contributed by atoms with E-state index in [1.54, 1.807) is 5.38 Å². The number of carbonyl (C=O) groups is 2. The first-order chi connectivity index (χ1) is 13.0. The second-order valence-corrected chi connectivity index (χ2v) is 6.23. The summed E-state index contributed by atoms with van der Waals surface area (Å²) < 4.78 is 4.57. The molecule has 1 heterocycles. The van der Waals surface area contributed by atoms with E-state index in [1.807, 2.05) is 30.3 Å². The van der Waals surface area contributed by atoms with Gasteiger partial charge in [0, 0.05) is 28.6 Å². The van der Waals surface area contributed by atoms with Crippen LogP contribution in [0.3, 0.4) is 0 Å². The Balaban J connectivity index is 1.86. The summed E-state index contributed by atoms with van der Waals surface area (Å²) in [5, 5.41) is 15.8. The highest BCUT2D eigenvalue weighted by Crippen LogP contribution is 2.25. The number of nitrogens with zero attached hydrogens (tertiary/aromatic N) is 2. The number of nitrogens with one attached hydrogen (secondary N) is 1. The summed E-state index contributed by atoms with van der Waals surface area (Å²) in [6, 6.07) is 12.8. The molecule has 0 atom stereocenters. The number of ether oxygens (including phenoxy) is 1. The number of carbonyl (C=O) groups excluding carboxylic acids is 2. The Kier molecular flexibility index (Phi) is 5.23. The monoisotopic (exact) mass is 383 g/mol. The molecule has 0 aliphatic carbocycles. The summed E-state index contributed by atoms with van der Waals surface area (Å²) >= 11 is 1.22. The van der Waals surface area contributed by atoms with Crippen molar-refractivity contribution in [3.8, 4) is 11.3 Å². The minimum atomic E-state index is -0.770. The van der Waals surface area contributed by atoms with Gasteiger partial charge in [0.1, 0.15) is 0 Å². The number of benzene rings is 2. The summed E-state index contributed by atoms with van der Waals surface area (Å²) in [6.07, 6.45) is 0. The van der Waals surface area contributed by atoms with E-state index in [2.05, 4.69) is 15.0 Å². The first-order valence-corrected chi connectivity index (χ1v) is 8.56. The third-order valence-electron chi connectivity index (χ3n) is 3.61. The van der Waals surface area contributed by atoms with Crippen molar-refractivity contribution in [3.63, 3.8) is 0 Å². The van der Waals surface area contributed by atoms with Gasteiger partial charge < -0.3 is 4.74 Å². The highest BCUT2D eigenvalue weighted by molar-refractivity contribution is 7.14. The van der Waals surface area contributed by atoms with Gasteiger partial charge in [0.2, 0.25) is 0 Å². The van der Waals surface area contributed by atoms with Crippen LogP contribution in [0.1, 0.15) is 20.7 Å². The summed E-state index contributed by atoms with van der Waals surface area (Å²) in [5.41, 5.74) is 1.09. The average molecular weight is 383 g/mol. The predicted octanol–water partition coefficient (Wildman–Crippen LogP) is 3.76. The van der Waals surface area contributed by atoms with Crippen LogP contribution in [0.5, 0.6) is 0 Å². The van der Waals surface area contributed by atoms with E-state index in [1.165, 1.54) is 17.4 Å². The fourth-order valence-electron chi connectivity index (χ4n) is 2.33. The molecule has 0 saturated heterocycles. The average Bonchev–Trinajstić information content (AvgIpc) is 3.16. The molecule has 1 aromatic heterocycles. The standard InChI is InChI=1S/C18H13N3O5S/c1-26-17(23)13-7-12(8-14(9-13)21(24)25)16(22)20-18-19-15(10-27-18)11-5-3-2-4-6-11/h2-10H,1H3,(H,19,20,22). The molecule has 0 saturated carbocycles. The summed E-state index contributed by atoms with van der Waals surface area (Å²) in [4.78, 5) is 38.9. The molecule has 0 aliphatic rings. The third-order valence-corrected chi connectivity index (χ3v) is 4.36. The van der Waals surface area contributed by atoms with Crippen molar-refractivity contribution in [1.82, 2.24) is 4.98 Å². The zero-order valence-electron chi connectivity index (χ0n) is 14.0. The van der Waals surface area contributed by atoms with Gasteiger partial charge in [-0.25, -0.2) is 9.78 Å². The topological polar surface area (TPSA) is 111 Å². The van der Waals surface area contributed by atoms with Crippen LogP contribution in [0.4, 0.5) is 10.8 Å². The van der Waals surface area contributed by atoms with Gasteiger partial charge in [-0.05, 0) is 6.07 Å². The lowest BCUT2D eigenvalue weighted by molar-refractivity contribution is -0.384. The molecule has 0 unspecified atom stereocenters. The van der Waals surface area contributed by atoms with Crippen LogP contribution < -0.4 is 5.32 Å². The molecular formula is C18H13N3O5S. The molecule has 0 spiro atoms. The highest BCUT2D eigenvalue weighted by atomic mass is 32.1. The number of aromatic nitrogens is 1. The van der Waals surface area contributed by atoms with E-state index in [-0.39, 0.29) is 16.8 Å². The zero-order valence-corrected chi connectivity index (χ0v) is 14.9. The van der Waals surface area contributed by atoms with Crippen LogP contribution in [0.2, 0.25) is 0 Å². The van der Waals surface area contributed by atoms with Gasteiger partial charge >= 0.3 is 5.97 Å². The molecule has 2 aromatic carbocycles. The molecule has 136 valence electrons. The van der Waals surface area contributed by atoms with Gasteiger partial charge in [-0.2, -0.15) is 0 Å². The van der Waals surface area contributed by atoms with E-state index in [4.69, 9.17) is 0 Å². The lowest BCUT2D eigenvalue weighted by Gasteiger charge is -2.05. The van der Waals surface area contributed by atoms with Gasteiger partial charge in [0.15, 0.2) is 5.13 Å². The van der Waals surface area contributed by atoms with Crippen molar-refractivity contribution in [3.05, 3.63) is 75.2 Å². The number of non-ortho nitro benzene ring substituents is 1. The van der Waals surface area contributed by atoms with Crippen LogP contribution in [-0.4, -0.2) is 28.9 Å². The SMILES string of the molecule is COC(=O)c1cc(C(=O)Nc2nc(-c3ccccc3)cs2)cc([N+](=O)[O-])c1. The van der Waals surface area contributed by atoms with E-state index >= 15 is 0 Å². The minimum Gasteiger partial charge on any atom is -0.465 e. The van der Waals surface area contributed by atoms with Crippen LogP contribution in [-0.2, 0) is 4.74 Å². The van der Waals surface area contributed by atoms with Crippen LogP contribution in [0.15, 0.2) is 53.9 Å². The maximum atomic E-state index is 12.5. The predicted molar refractivity (Wildman–Crippen MR) is 99.9 cm³/mol. The fourth-order valence-corrected chi connectivity index (χ4v) is 3.04. The van der Waals surface area contributed by atoms with Crippen LogP contribution in [0, 0.1) is 10.1 Å². The Bertz CT molecular complexity index is 1020. The highest BCUT2D eigenvalue weighted by Gasteiger charge is 2.19. The smallest absolute Gasteiger partial charge is 0.338 e. The molecule has 0 aliphatic heterocycles. The van der Waals surface area contributed by atoms with Crippen LogP contribution in [0.25, 0.3) is 11.3 Å².